The molecule has 0 unspecified atom stereocenters. The number of carbonyl (C=O) groups excluding carboxylic acids is 1. The molecule has 1 heterocycles. The van der Waals surface area contributed by atoms with Crippen LogP contribution in [0, 0.1) is 6.92 Å². The van der Waals surface area contributed by atoms with E-state index in [0.717, 1.165) is 21.4 Å². The Kier molecular flexibility index (Phi) is 4.86. The number of benzene rings is 2. The number of nitrogens with one attached hydrogen (secondary N) is 2. The molecule has 0 saturated carbocycles. The van der Waals surface area contributed by atoms with Crippen LogP contribution in [0.2, 0.25) is 0 Å². The summed E-state index contributed by atoms with van der Waals surface area (Å²) >= 11 is 3.46. The largest absolute Gasteiger partial charge is 0.338 e. The molecule has 3 aromatic rings. The summed E-state index contributed by atoms with van der Waals surface area (Å²) in [4.78, 5) is 12.2. The fraction of sp³-hybridized carbons (Fsp3) is 0.0556. The lowest BCUT2D eigenvalue weighted by Gasteiger charge is -2.08. The van der Waals surface area contributed by atoms with Gasteiger partial charge in [0, 0.05) is 10.2 Å². The highest BCUT2D eigenvalue weighted by Crippen LogP contribution is 2.24. The van der Waals surface area contributed by atoms with Crippen LogP contribution in [0.4, 0.5) is 17.2 Å². The van der Waals surface area contributed by atoms with Gasteiger partial charge in [0.15, 0.2) is 11.5 Å². The molecule has 2 N–H and O–H groups in total. The number of nitrogens with zero attached hydrogens (tertiary/aromatic N) is 2. The number of rotatable bonds is 4. The Hall–Kier alpha value is -2.73. The van der Waals surface area contributed by atoms with Crippen molar-refractivity contribution >= 4 is 39.0 Å². The van der Waals surface area contributed by atoms with Crippen LogP contribution in [0.3, 0.4) is 0 Å². The predicted molar refractivity (Wildman–Crippen MR) is 98.6 cm³/mol. The van der Waals surface area contributed by atoms with Crippen LogP contribution in [-0.4, -0.2) is 16.1 Å². The number of para-hydroxylation sites is 1. The first kappa shape index (κ1) is 16.1. The van der Waals surface area contributed by atoms with Crippen LogP contribution in [0.15, 0.2) is 65.1 Å². The molecule has 0 aliphatic heterocycles. The van der Waals surface area contributed by atoms with Gasteiger partial charge < -0.3 is 10.6 Å². The first-order valence-corrected chi connectivity index (χ1v) is 8.14. The van der Waals surface area contributed by atoms with Gasteiger partial charge in [-0.1, -0.05) is 24.3 Å². The van der Waals surface area contributed by atoms with E-state index in [4.69, 9.17) is 0 Å². The van der Waals surface area contributed by atoms with Crippen LogP contribution in [0.25, 0.3) is 0 Å². The van der Waals surface area contributed by atoms with Crippen molar-refractivity contribution < 1.29 is 4.79 Å². The topological polar surface area (TPSA) is 66.9 Å². The summed E-state index contributed by atoms with van der Waals surface area (Å²) in [5.74, 6) is 0.273. The fourth-order valence-corrected chi connectivity index (χ4v) is 2.52. The lowest BCUT2D eigenvalue weighted by Crippen LogP contribution is -2.14. The molecule has 6 heteroatoms. The first-order chi connectivity index (χ1) is 11.6. The molecule has 1 amide bonds. The molecule has 24 heavy (non-hydrogen) atoms. The van der Waals surface area contributed by atoms with E-state index >= 15 is 0 Å². The SMILES string of the molecule is Cc1cccc(NC(=O)c2ccc(Nc3ccccc3Br)nn2)c1. The van der Waals surface area contributed by atoms with Gasteiger partial charge in [-0.25, -0.2) is 0 Å². The molecular weight excluding hydrogens is 368 g/mol. The molecule has 0 atom stereocenters. The zero-order valence-electron chi connectivity index (χ0n) is 13.0. The summed E-state index contributed by atoms with van der Waals surface area (Å²) in [6, 6.07) is 18.6. The van der Waals surface area contributed by atoms with Crippen molar-refractivity contribution in [1.82, 2.24) is 10.2 Å². The molecule has 0 fully saturated rings. The second kappa shape index (κ2) is 7.23. The number of amides is 1. The summed E-state index contributed by atoms with van der Waals surface area (Å²) < 4.78 is 0.924. The Morgan fingerprint density at radius 1 is 1.00 bits per heavy atom. The number of anilines is 3. The molecule has 0 radical (unpaired) electrons. The van der Waals surface area contributed by atoms with E-state index < -0.39 is 0 Å². The third-order valence-electron chi connectivity index (χ3n) is 3.31. The molecular formula is C18H15BrN4O. The smallest absolute Gasteiger partial charge is 0.276 e. The molecule has 0 aliphatic rings. The van der Waals surface area contributed by atoms with Gasteiger partial charge >= 0.3 is 0 Å². The Morgan fingerprint density at radius 2 is 1.83 bits per heavy atom. The summed E-state index contributed by atoms with van der Waals surface area (Å²) in [6.07, 6.45) is 0. The second-order valence-electron chi connectivity index (χ2n) is 5.23. The van der Waals surface area contributed by atoms with E-state index in [2.05, 4.69) is 36.8 Å². The third kappa shape index (κ3) is 3.97. The molecule has 120 valence electrons. The van der Waals surface area contributed by atoms with Crippen LogP contribution in [0.5, 0.6) is 0 Å². The maximum absolute atomic E-state index is 12.2. The van der Waals surface area contributed by atoms with Crippen LogP contribution in [0.1, 0.15) is 16.1 Å². The predicted octanol–water partition coefficient (Wildman–Crippen LogP) is 4.54. The van der Waals surface area contributed by atoms with Gasteiger partial charge in [0.05, 0.1) is 5.69 Å². The van der Waals surface area contributed by atoms with Gasteiger partial charge in [0.25, 0.3) is 5.91 Å². The van der Waals surface area contributed by atoms with Crippen LogP contribution in [-0.2, 0) is 0 Å². The Bertz CT molecular complexity index is 865. The lowest BCUT2D eigenvalue weighted by atomic mass is 10.2. The minimum atomic E-state index is -0.291. The van der Waals surface area contributed by atoms with Gasteiger partial charge in [0.2, 0.25) is 0 Å². The zero-order chi connectivity index (χ0) is 16.9. The highest BCUT2D eigenvalue weighted by molar-refractivity contribution is 9.10. The van der Waals surface area contributed by atoms with E-state index in [9.17, 15) is 4.79 Å². The molecule has 5 nitrogen and oxygen atoms in total. The number of carbonyl (C=O) groups is 1. The highest BCUT2D eigenvalue weighted by Gasteiger charge is 2.09. The van der Waals surface area contributed by atoms with E-state index in [0.29, 0.717) is 5.82 Å². The molecule has 0 spiro atoms. The summed E-state index contributed by atoms with van der Waals surface area (Å²) in [5, 5.41) is 14.0. The van der Waals surface area contributed by atoms with E-state index in [-0.39, 0.29) is 11.6 Å². The van der Waals surface area contributed by atoms with E-state index in [1.807, 2.05) is 55.5 Å². The van der Waals surface area contributed by atoms with Gasteiger partial charge in [-0.15, -0.1) is 10.2 Å². The third-order valence-corrected chi connectivity index (χ3v) is 4.00. The average Bonchev–Trinajstić information content (AvgIpc) is 2.57. The molecule has 3 rings (SSSR count). The van der Waals surface area contributed by atoms with Gasteiger partial charge in [-0.2, -0.15) is 0 Å². The Balaban J connectivity index is 1.70. The summed E-state index contributed by atoms with van der Waals surface area (Å²) in [5.41, 5.74) is 2.95. The highest BCUT2D eigenvalue weighted by atomic mass is 79.9. The number of halogens is 1. The molecule has 0 bridgehead atoms. The van der Waals surface area contributed by atoms with Crippen molar-refractivity contribution in [2.45, 2.75) is 6.92 Å². The van der Waals surface area contributed by atoms with Crippen molar-refractivity contribution in [1.29, 1.82) is 0 Å². The quantitative estimate of drug-likeness (QED) is 0.694. The van der Waals surface area contributed by atoms with Gasteiger partial charge in [0.1, 0.15) is 0 Å². The standard InChI is InChI=1S/C18H15BrN4O/c1-12-5-4-6-13(11-12)20-18(24)16-9-10-17(23-22-16)21-15-8-3-2-7-14(15)19/h2-11H,1H3,(H,20,24)(H,21,23). The normalized spacial score (nSPS) is 10.2. The van der Waals surface area contributed by atoms with Crippen molar-refractivity contribution in [2.75, 3.05) is 10.6 Å². The summed E-state index contributed by atoms with van der Waals surface area (Å²) in [6.45, 7) is 1.97. The molecule has 0 saturated heterocycles. The summed E-state index contributed by atoms with van der Waals surface area (Å²) in [7, 11) is 0. The molecule has 1 aromatic heterocycles. The number of aryl methyl sites for hydroxylation is 1. The Labute approximate surface area is 148 Å². The number of hydrogen-bond donors (Lipinski definition) is 2. The van der Waals surface area contributed by atoms with Crippen LogP contribution >= 0.6 is 15.9 Å². The monoisotopic (exact) mass is 382 g/mol. The maximum Gasteiger partial charge on any atom is 0.276 e. The second-order valence-corrected chi connectivity index (χ2v) is 6.09. The van der Waals surface area contributed by atoms with E-state index in [1.54, 1.807) is 12.1 Å². The van der Waals surface area contributed by atoms with Crippen LogP contribution < -0.4 is 10.6 Å². The maximum atomic E-state index is 12.2. The van der Waals surface area contributed by atoms with Gasteiger partial charge in [-0.3, -0.25) is 4.79 Å². The van der Waals surface area contributed by atoms with Crippen molar-refractivity contribution in [3.63, 3.8) is 0 Å². The van der Waals surface area contributed by atoms with Gasteiger partial charge in [-0.05, 0) is 64.8 Å². The minimum absolute atomic E-state index is 0.259. The average molecular weight is 383 g/mol. The minimum Gasteiger partial charge on any atom is -0.338 e. The number of aromatic nitrogens is 2. The van der Waals surface area contributed by atoms with Crippen molar-refractivity contribution in [3.8, 4) is 0 Å². The molecule has 0 aliphatic carbocycles. The fourth-order valence-electron chi connectivity index (χ4n) is 2.14. The Morgan fingerprint density at radius 3 is 2.54 bits per heavy atom. The number of hydrogen-bond acceptors (Lipinski definition) is 4. The van der Waals surface area contributed by atoms with Crippen molar-refractivity contribution in [3.05, 3.63) is 76.4 Å². The first-order valence-electron chi connectivity index (χ1n) is 7.35. The molecule has 2 aromatic carbocycles. The zero-order valence-corrected chi connectivity index (χ0v) is 14.5. The van der Waals surface area contributed by atoms with Crippen molar-refractivity contribution in [2.24, 2.45) is 0 Å². The van der Waals surface area contributed by atoms with E-state index in [1.165, 1.54) is 0 Å². The lowest BCUT2D eigenvalue weighted by molar-refractivity contribution is 0.102.